The van der Waals surface area contributed by atoms with Crippen LogP contribution >= 0.6 is 0 Å². The van der Waals surface area contributed by atoms with Crippen molar-refractivity contribution in [2.75, 3.05) is 21.7 Å². The van der Waals surface area contributed by atoms with E-state index in [1.807, 2.05) is 10.6 Å². The number of para-hydroxylation sites is 2. The lowest BCUT2D eigenvalue weighted by Crippen LogP contribution is -2.39. The highest BCUT2D eigenvalue weighted by molar-refractivity contribution is 6.00. The van der Waals surface area contributed by atoms with Crippen molar-refractivity contribution in [1.82, 2.24) is 15.0 Å². The van der Waals surface area contributed by atoms with E-state index in [-0.39, 0.29) is 11.6 Å². The maximum atomic E-state index is 11.1. The quantitative estimate of drug-likeness (QED) is 0.171. The second kappa shape index (κ2) is 9.00. The van der Waals surface area contributed by atoms with Crippen LogP contribution in [0.3, 0.4) is 0 Å². The van der Waals surface area contributed by atoms with Gasteiger partial charge in [-0.1, -0.05) is 12.1 Å². The summed E-state index contributed by atoms with van der Waals surface area (Å²) < 4.78 is 0. The number of aliphatic carboxylic acids is 4. The van der Waals surface area contributed by atoms with Gasteiger partial charge in [0.15, 0.2) is 0 Å². The molecular weight excluding hydrogens is 406 g/mol. The van der Waals surface area contributed by atoms with E-state index in [1.165, 1.54) is 12.1 Å². The number of nitrogens with one attached hydrogen (secondary N) is 3. The van der Waals surface area contributed by atoms with E-state index in [0.717, 1.165) is 0 Å². The number of aromatic nitrogens is 3. The van der Waals surface area contributed by atoms with Gasteiger partial charge in [0.25, 0.3) is 0 Å². The smallest absolute Gasteiger partial charge is 0.338 e. The third-order valence-corrected chi connectivity index (χ3v) is 3.38. The van der Waals surface area contributed by atoms with E-state index in [0.29, 0.717) is 5.69 Å². The minimum absolute atomic E-state index is 0.268. The van der Waals surface area contributed by atoms with Gasteiger partial charge < -0.3 is 42.1 Å². The molecule has 0 saturated heterocycles. The predicted molar refractivity (Wildman–Crippen MR) is 99.3 cm³/mol. The Hall–Kier alpha value is -4.69. The minimum atomic E-state index is -2.15. The molecule has 0 aliphatic carbocycles. The predicted octanol–water partition coefficient (Wildman–Crippen LogP) is -0.903. The standard InChI is InChI=1S/C15H15N7O8/c16-5-3-1-2-4-6(5)17-13-20-14(18-7(9(23)24)10(25)26)22-15(21-13)19-8(11(27)28)12(29)30/h1-4,7-8H,16H2,(H,23,24)(H,25,26)(H,27,28)(H,29,30)(H3,17,18,19,20,21,22). The average molecular weight is 421 g/mol. The summed E-state index contributed by atoms with van der Waals surface area (Å²) in [6.07, 6.45) is 0. The number of hydrogen-bond donors (Lipinski definition) is 8. The Morgan fingerprint density at radius 3 is 1.53 bits per heavy atom. The molecule has 0 radical (unpaired) electrons. The van der Waals surface area contributed by atoms with E-state index in [1.54, 1.807) is 12.1 Å². The number of hydrogen-bond acceptors (Lipinski definition) is 11. The molecule has 0 amide bonds. The summed E-state index contributed by atoms with van der Waals surface area (Å²) in [5, 5.41) is 42.7. The van der Waals surface area contributed by atoms with Gasteiger partial charge in [-0.25, -0.2) is 19.2 Å². The Bertz CT molecular complexity index is 918. The molecule has 158 valence electrons. The molecule has 2 rings (SSSR count). The highest BCUT2D eigenvalue weighted by Gasteiger charge is 2.29. The summed E-state index contributed by atoms with van der Waals surface area (Å²) in [5.41, 5.74) is 6.36. The summed E-state index contributed by atoms with van der Waals surface area (Å²) in [5.74, 6) is -8.51. The second-order valence-corrected chi connectivity index (χ2v) is 5.53. The van der Waals surface area contributed by atoms with E-state index in [2.05, 4.69) is 20.3 Å². The highest BCUT2D eigenvalue weighted by Crippen LogP contribution is 2.22. The topological polar surface area (TPSA) is 250 Å². The largest absolute Gasteiger partial charge is 0.479 e. The van der Waals surface area contributed by atoms with Crippen molar-refractivity contribution in [1.29, 1.82) is 0 Å². The number of carbonyl (C=O) groups is 4. The zero-order valence-corrected chi connectivity index (χ0v) is 14.8. The van der Waals surface area contributed by atoms with Crippen LogP contribution in [0.1, 0.15) is 0 Å². The van der Waals surface area contributed by atoms with Gasteiger partial charge in [0.1, 0.15) is 0 Å². The molecular formula is C15H15N7O8. The molecule has 1 heterocycles. The van der Waals surface area contributed by atoms with Crippen LogP contribution in [0.25, 0.3) is 0 Å². The van der Waals surface area contributed by atoms with E-state index in [9.17, 15) is 19.2 Å². The molecule has 1 aromatic heterocycles. The first kappa shape index (κ1) is 21.6. The number of anilines is 5. The number of carboxylic acid groups (broad SMARTS) is 4. The number of nitrogens with zero attached hydrogens (tertiary/aromatic N) is 3. The number of nitrogen functional groups attached to an aromatic ring is 1. The molecule has 30 heavy (non-hydrogen) atoms. The van der Waals surface area contributed by atoms with Crippen molar-refractivity contribution < 1.29 is 39.6 Å². The Kier molecular flexibility index (Phi) is 6.48. The molecule has 15 heteroatoms. The molecule has 0 fully saturated rings. The van der Waals surface area contributed by atoms with Crippen molar-refractivity contribution >= 4 is 53.1 Å². The lowest BCUT2D eigenvalue weighted by atomic mass is 10.3. The van der Waals surface area contributed by atoms with E-state index >= 15 is 0 Å². The minimum Gasteiger partial charge on any atom is -0.479 e. The van der Waals surface area contributed by atoms with Crippen molar-refractivity contribution in [2.45, 2.75) is 12.1 Å². The van der Waals surface area contributed by atoms with Gasteiger partial charge >= 0.3 is 23.9 Å². The lowest BCUT2D eigenvalue weighted by Gasteiger charge is -2.15. The molecule has 1 aromatic carbocycles. The van der Waals surface area contributed by atoms with Crippen LogP contribution in [-0.2, 0) is 19.2 Å². The summed E-state index contributed by atoms with van der Waals surface area (Å²) in [6, 6.07) is 2.04. The van der Waals surface area contributed by atoms with Crippen LogP contribution in [0.15, 0.2) is 24.3 Å². The van der Waals surface area contributed by atoms with Gasteiger partial charge in [0, 0.05) is 0 Å². The van der Waals surface area contributed by atoms with Gasteiger partial charge in [0.05, 0.1) is 11.4 Å². The normalized spacial score (nSPS) is 10.5. The van der Waals surface area contributed by atoms with Gasteiger partial charge in [-0.3, -0.25) is 0 Å². The summed E-state index contributed by atoms with van der Waals surface area (Å²) in [4.78, 5) is 55.6. The first-order valence-corrected chi connectivity index (χ1v) is 7.90. The third kappa shape index (κ3) is 5.41. The molecule has 0 spiro atoms. The van der Waals surface area contributed by atoms with Crippen molar-refractivity contribution in [3.8, 4) is 0 Å². The first-order valence-electron chi connectivity index (χ1n) is 7.90. The average Bonchev–Trinajstić information content (AvgIpc) is 2.65. The monoisotopic (exact) mass is 421 g/mol. The van der Waals surface area contributed by atoms with Crippen LogP contribution < -0.4 is 21.7 Å². The van der Waals surface area contributed by atoms with Crippen molar-refractivity contribution in [3.63, 3.8) is 0 Å². The van der Waals surface area contributed by atoms with Gasteiger partial charge in [-0.2, -0.15) is 15.0 Å². The maximum Gasteiger partial charge on any atom is 0.338 e. The summed E-state index contributed by atoms with van der Waals surface area (Å²) in [7, 11) is 0. The molecule has 0 aliphatic heterocycles. The molecule has 0 bridgehead atoms. The fourth-order valence-corrected chi connectivity index (χ4v) is 2.01. The van der Waals surface area contributed by atoms with Crippen LogP contribution in [0, 0.1) is 0 Å². The molecule has 0 atom stereocenters. The van der Waals surface area contributed by atoms with Gasteiger partial charge in [-0.15, -0.1) is 0 Å². The van der Waals surface area contributed by atoms with Crippen LogP contribution in [0.2, 0.25) is 0 Å². The SMILES string of the molecule is Nc1ccccc1Nc1nc(NC(C(=O)O)C(=O)O)nc(NC(C(=O)O)C(=O)O)n1. The Balaban J connectivity index is 2.46. The van der Waals surface area contributed by atoms with Crippen molar-refractivity contribution in [2.24, 2.45) is 0 Å². The molecule has 15 nitrogen and oxygen atoms in total. The number of benzene rings is 1. The van der Waals surface area contributed by atoms with Gasteiger partial charge in [-0.05, 0) is 12.1 Å². The lowest BCUT2D eigenvalue weighted by molar-refractivity contribution is -0.150. The van der Waals surface area contributed by atoms with Crippen LogP contribution in [0.4, 0.5) is 29.2 Å². The Morgan fingerprint density at radius 2 is 1.13 bits per heavy atom. The zero-order chi connectivity index (χ0) is 22.4. The summed E-state index contributed by atoms with van der Waals surface area (Å²) >= 11 is 0. The Morgan fingerprint density at radius 1 is 0.733 bits per heavy atom. The fourth-order valence-electron chi connectivity index (χ4n) is 2.01. The van der Waals surface area contributed by atoms with Crippen molar-refractivity contribution in [3.05, 3.63) is 24.3 Å². The zero-order valence-electron chi connectivity index (χ0n) is 14.8. The van der Waals surface area contributed by atoms with Crippen LogP contribution in [0.5, 0.6) is 0 Å². The number of rotatable bonds is 10. The highest BCUT2D eigenvalue weighted by atomic mass is 16.4. The van der Waals surface area contributed by atoms with Crippen LogP contribution in [-0.4, -0.2) is 71.3 Å². The molecule has 0 saturated carbocycles. The first-order chi connectivity index (χ1) is 14.1. The fraction of sp³-hybridized carbons (Fsp3) is 0.133. The summed E-state index contributed by atoms with van der Waals surface area (Å²) in [6.45, 7) is 0. The molecule has 0 unspecified atom stereocenters. The van der Waals surface area contributed by atoms with E-state index < -0.39 is 47.9 Å². The Labute approximate surface area is 166 Å². The van der Waals surface area contributed by atoms with Gasteiger partial charge in [0.2, 0.25) is 29.9 Å². The molecule has 9 N–H and O–H groups in total. The maximum absolute atomic E-state index is 11.1. The third-order valence-electron chi connectivity index (χ3n) is 3.38. The second-order valence-electron chi connectivity index (χ2n) is 5.53. The van der Waals surface area contributed by atoms with E-state index in [4.69, 9.17) is 26.2 Å². The number of carboxylic acids is 4. The number of nitrogens with two attached hydrogens (primary N) is 1. The molecule has 2 aromatic rings. The molecule has 0 aliphatic rings.